The Morgan fingerprint density at radius 1 is 1.11 bits per heavy atom. The number of aromatic nitrogens is 2. The Labute approximate surface area is 108 Å². The van der Waals surface area contributed by atoms with Gasteiger partial charge in [0.15, 0.2) is 0 Å². The minimum Gasteiger partial charge on any atom is -0.506 e. The van der Waals surface area contributed by atoms with Gasteiger partial charge in [-0.2, -0.15) is 0 Å². The van der Waals surface area contributed by atoms with E-state index in [-0.39, 0.29) is 5.75 Å². The molecule has 0 saturated carbocycles. The number of phenols is 1. The fourth-order valence-electron chi connectivity index (χ4n) is 1.93. The number of fused-ring (bicyclic) bond motifs is 2. The summed E-state index contributed by atoms with van der Waals surface area (Å²) in [6, 6.07) is 9.97. The molecule has 0 bridgehead atoms. The van der Waals surface area contributed by atoms with Crippen LogP contribution in [0, 0.1) is 0 Å². The number of carbonyl (C=O) groups is 1. The lowest BCUT2D eigenvalue weighted by Gasteiger charge is -2.04. The Kier molecular flexibility index (Phi) is 2.52. The fourth-order valence-corrected chi connectivity index (χ4v) is 1.93. The quantitative estimate of drug-likeness (QED) is 0.532. The average Bonchev–Trinajstić information content (AvgIpc) is 2.44. The van der Waals surface area contributed by atoms with Gasteiger partial charge in [-0.15, -0.1) is 0 Å². The van der Waals surface area contributed by atoms with Crippen LogP contribution in [0.15, 0.2) is 36.4 Å². The summed E-state index contributed by atoms with van der Waals surface area (Å²) in [5, 5.41) is 9.76. The van der Waals surface area contributed by atoms with E-state index in [0.717, 1.165) is 0 Å². The SMILES string of the molecule is COC(=O)c1ccc2nc3cccc(O)c3nc2c1. The molecule has 0 fully saturated rings. The fraction of sp³-hybridized carbons (Fsp3) is 0.0714. The van der Waals surface area contributed by atoms with Crippen LogP contribution in [0.5, 0.6) is 5.75 Å². The zero-order valence-corrected chi connectivity index (χ0v) is 10.1. The molecule has 3 aromatic rings. The summed E-state index contributed by atoms with van der Waals surface area (Å²) in [5.41, 5.74) is 2.62. The molecule has 1 heterocycles. The van der Waals surface area contributed by atoms with Crippen molar-refractivity contribution in [2.75, 3.05) is 7.11 Å². The third kappa shape index (κ3) is 1.85. The minimum absolute atomic E-state index is 0.0652. The summed E-state index contributed by atoms with van der Waals surface area (Å²) < 4.78 is 4.66. The van der Waals surface area contributed by atoms with Crippen LogP contribution in [0.4, 0.5) is 0 Å². The van der Waals surface area contributed by atoms with Crippen LogP contribution in [0.25, 0.3) is 22.1 Å². The van der Waals surface area contributed by atoms with Crippen molar-refractivity contribution in [3.63, 3.8) is 0 Å². The number of esters is 1. The zero-order chi connectivity index (χ0) is 13.4. The molecule has 0 radical (unpaired) electrons. The molecule has 0 aliphatic carbocycles. The Morgan fingerprint density at radius 2 is 1.95 bits per heavy atom. The Balaban J connectivity index is 2.30. The lowest BCUT2D eigenvalue weighted by Crippen LogP contribution is -2.01. The molecule has 5 nitrogen and oxygen atoms in total. The number of hydrogen-bond acceptors (Lipinski definition) is 5. The highest BCUT2D eigenvalue weighted by Gasteiger charge is 2.09. The molecule has 0 unspecified atom stereocenters. The van der Waals surface area contributed by atoms with E-state index < -0.39 is 5.97 Å². The molecule has 19 heavy (non-hydrogen) atoms. The first-order chi connectivity index (χ1) is 9.19. The number of para-hydroxylation sites is 1. The van der Waals surface area contributed by atoms with Gasteiger partial charge in [0.2, 0.25) is 0 Å². The van der Waals surface area contributed by atoms with Gasteiger partial charge >= 0.3 is 5.97 Å². The number of rotatable bonds is 1. The van der Waals surface area contributed by atoms with Gasteiger partial charge in [-0.05, 0) is 30.3 Å². The first-order valence-corrected chi connectivity index (χ1v) is 5.67. The molecule has 94 valence electrons. The van der Waals surface area contributed by atoms with Crippen molar-refractivity contribution in [2.24, 2.45) is 0 Å². The largest absolute Gasteiger partial charge is 0.506 e. The summed E-state index contributed by atoms with van der Waals surface area (Å²) in [7, 11) is 1.32. The summed E-state index contributed by atoms with van der Waals surface area (Å²) in [5.74, 6) is -0.364. The average molecular weight is 254 g/mol. The second-order valence-electron chi connectivity index (χ2n) is 4.06. The topological polar surface area (TPSA) is 72.3 Å². The van der Waals surface area contributed by atoms with Crippen molar-refractivity contribution in [3.05, 3.63) is 42.0 Å². The lowest BCUT2D eigenvalue weighted by molar-refractivity contribution is 0.0601. The van der Waals surface area contributed by atoms with Gasteiger partial charge in [0.25, 0.3) is 0 Å². The van der Waals surface area contributed by atoms with E-state index in [9.17, 15) is 9.90 Å². The smallest absolute Gasteiger partial charge is 0.337 e. The number of hydrogen-bond donors (Lipinski definition) is 1. The molecular weight excluding hydrogens is 244 g/mol. The molecule has 1 N–H and O–H groups in total. The van der Waals surface area contributed by atoms with Crippen molar-refractivity contribution in [1.29, 1.82) is 0 Å². The minimum atomic E-state index is -0.430. The molecule has 5 heteroatoms. The van der Waals surface area contributed by atoms with Crippen LogP contribution < -0.4 is 0 Å². The van der Waals surface area contributed by atoms with E-state index in [1.165, 1.54) is 7.11 Å². The van der Waals surface area contributed by atoms with Crippen molar-refractivity contribution in [2.45, 2.75) is 0 Å². The maximum absolute atomic E-state index is 11.5. The number of phenolic OH excluding ortho intramolecular Hbond substituents is 1. The highest BCUT2D eigenvalue weighted by Crippen LogP contribution is 2.24. The van der Waals surface area contributed by atoms with Crippen LogP contribution >= 0.6 is 0 Å². The molecule has 0 aliphatic rings. The normalized spacial score (nSPS) is 10.8. The second-order valence-corrected chi connectivity index (χ2v) is 4.06. The highest BCUT2D eigenvalue weighted by atomic mass is 16.5. The maximum Gasteiger partial charge on any atom is 0.337 e. The van der Waals surface area contributed by atoms with Crippen LogP contribution in [0.2, 0.25) is 0 Å². The van der Waals surface area contributed by atoms with Gasteiger partial charge in [0.1, 0.15) is 11.3 Å². The van der Waals surface area contributed by atoms with Gasteiger partial charge < -0.3 is 9.84 Å². The number of carbonyl (C=O) groups excluding carboxylic acids is 1. The molecule has 0 amide bonds. The predicted molar refractivity (Wildman–Crippen MR) is 70.0 cm³/mol. The predicted octanol–water partition coefficient (Wildman–Crippen LogP) is 2.28. The molecule has 0 saturated heterocycles. The zero-order valence-electron chi connectivity index (χ0n) is 10.1. The number of nitrogens with zero attached hydrogens (tertiary/aromatic N) is 2. The van der Waals surface area contributed by atoms with E-state index in [0.29, 0.717) is 27.6 Å². The van der Waals surface area contributed by atoms with Gasteiger partial charge in [-0.3, -0.25) is 0 Å². The molecule has 3 rings (SSSR count). The standard InChI is InChI=1S/C14H10N2O3/c1-19-14(18)8-5-6-9-11(7-8)16-13-10(15-9)3-2-4-12(13)17/h2-7,17H,1H3. The molecule has 0 spiro atoms. The Bertz CT molecular complexity index is 799. The van der Waals surface area contributed by atoms with Crippen molar-refractivity contribution < 1.29 is 14.6 Å². The van der Waals surface area contributed by atoms with Crippen molar-refractivity contribution in [1.82, 2.24) is 9.97 Å². The summed E-state index contributed by atoms with van der Waals surface area (Å²) in [6.45, 7) is 0. The summed E-state index contributed by atoms with van der Waals surface area (Å²) >= 11 is 0. The van der Waals surface area contributed by atoms with Gasteiger partial charge in [-0.25, -0.2) is 14.8 Å². The molecule has 1 aromatic heterocycles. The second kappa shape index (κ2) is 4.20. The van der Waals surface area contributed by atoms with Crippen molar-refractivity contribution in [3.8, 4) is 5.75 Å². The molecule has 0 atom stereocenters. The van der Waals surface area contributed by atoms with E-state index in [1.54, 1.807) is 36.4 Å². The van der Waals surface area contributed by atoms with Crippen LogP contribution in [0.1, 0.15) is 10.4 Å². The van der Waals surface area contributed by atoms with Gasteiger partial charge in [0, 0.05) is 0 Å². The molecule has 0 aliphatic heterocycles. The van der Waals surface area contributed by atoms with E-state index in [4.69, 9.17) is 0 Å². The van der Waals surface area contributed by atoms with Crippen LogP contribution in [-0.2, 0) is 4.74 Å². The highest BCUT2D eigenvalue weighted by molar-refractivity contribution is 5.95. The summed E-state index contributed by atoms with van der Waals surface area (Å²) in [4.78, 5) is 20.2. The monoisotopic (exact) mass is 254 g/mol. The third-order valence-electron chi connectivity index (χ3n) is 2.86. The first-order valence-electron chi connectivity index (χ1n) is 5.67. The van der Waals surface area contributed by atoms with E-state index in [2.05, 4.69) is 14.7 Å². The number of methoxy groups -OCH3 is 1. The van der Waals surface area contributed by atoms with Gasteiger partial charge in [-0.1, -0.05) is 6.07 Å². The number of ether oxygens (including phenoxy) is 1. The maximum atomic E-state index is 11.5. The van der Waals surface area contributed by atoms with Crippen LogP contribution in [0.3, 0.4) is 0 Å². The summed E-state index contributed by atoms with van der Waals surface area (Å²) in [6.07, 6.45) is 0. The third-order valence-corrected chi connectivity index (χ3v) is 2.86. The molecular formula is C14H10N2O3. The first kappa shape index (κ1) is 11.4. The van der Waals surface area contributed by atoms with E-state index >= 15 is 0 Å². The lowest BCUT2D eigenvalue weighted by atomic mass is 10.2. The van der Waals surface area contributed by atoms with Gasteiger partial charge in [0.05, 0.1) is 29.2 Å². The van der Waals surface area contributed by atoms with Crippen LogP contribution in [-0.4, -0.2) is 28.2 Å². The Hall–Kier alpha value is -2.69. The van der Waals surface area contributed by atoms with Crippen molar-refractivity contribution >= 4 is 28.0 Å². The Morgan fingerprint density at radius 3 is 2.74 bits per heavy atom. The number of benzene rings is 2. The number of aromatic hydroxyl groups is 1. The molecule has 2 aromatic carbocycles. The van der Waals surface area contributed by atoms with E-state index in [1.807, 2.05) is 0 Å².